The Morgan fingerprint density at radius 3 is 2.71 bits per heavy atom. The highest BCUT2D eigenvalue weighted by Crippen LogP contribution is 2.34. The lowest BCUT2D eigenvalue weighted by atomic mass is 9.89. The standard InChI is InChI=1S/C18H23FN4O/c1-18(2,20)17(24)23-8-6-12(7-9-23)16-15(11-21-22-16)13-4-3-5-14(19)10-13/h3-5,10-12H,6-9,20H2,1-2H3,(H,21,22). The van der Waals surface area contributed by atoms with E-state index in [9.17, 15) is 9.18 Å². The Balaban J connectivity index is 1.74. The van der Waals surface area contributed by atoms with Crippen LogP contribution in [0.5, 0.6) is 0 Å². The van der Waals surface area contributed by atoms with Crippen LogP contribution in [0, 0.1) is 5.82 Å². The average Bonchev–Trinajstić information content (AvgIpc) is 3.03. The number of amides is 1. The zero-order valence-corrected chi connectivity index (χ0v) is 14.1. The number of nitrogens with one attached hydrogen (secondary N) is 1. The molecule has 3 rings (SSSR count). The number of halogens is 1. The molecule has 0 aliphatic carbocycles. The highest BCUT2D eigenvalue weighted by Gasteiger charge is 2.32. The summed E-state index contributed by atoms with van der Waals surface area (Å²) in [4.78, 5) is 14.1. The molecule has 1 aromatic heterocycles. The largest absolute Gasteiger partial charge is 0.341 e. The quantitative estimate of drug-likeness (QED) is 0.908. The van der Waals surface area contributed by atoms with Crippen LogP contribution in [0.2, 0.25) is 0 Å². The molecule has 1 saturated heterocycles. The number of aromatic amines is 1. The molecule has 2 heterocycles. The number of rotatable bonds is 3. The fraction of sp³-hybridized carbons (Fsp3) is 0.444. The van der Waals surface area contributed by atoms with Gasteiger partial charge in [-0.05, 0) is 44.4 Å². The van der Waals surface area contributed by atoms with Crippen molar-refractivity contribution in [3.05, 3.63) is 42.0 Å². The number of hydrogen-bond acceptors (Lipinski definition) is 3. The SMILES string of the molecule is CC(C)(N)C(=O)N1CCC(c2[nH]ncc2-c2cccc(F)c2)CC1. The minimum absolute atomic E-state index is 0.0177. The lowest BCUT2D eigenvalue weighted by molar-refractivity contribution is -0.136. The first kappa shape index (κ1) is 16.6. The van der Waals surface area contributed by atoms with Gasteiger partial charge in [-0.3, -0.25) is 9.89 Å². The number of piperidine rings is 1. The van der Waals surface area contributed by atoms with E-state index in [1.54, 1.807) is 26.1 Å². The van der Waals surface area contributed by atoms with Crippen LogP contribution >= 0.6 is 0 Å². The Morgan fingerprint density at radius 2 is 2.08 bits per heavy atom. The molecular weight excluding hydrogens is 307 g/mol. The van der Waals surface area contributed by atoms with Crippen LogP contribution in [0.4, 0.5) is 4.39 Å². The van der Waals surface area contributed by atoms with Gasteiger partial charge in [-0.25, -0.2) is 4.39 Å². The number of H-pyrrole nitrogens is 1. The van der Waals surface area contributed by atoms with Gasteiger partial charge in [0.1, 0.15) is 5.82 Å². The van der Waals surface area contributed by atoms with Gasteiger partial charge in [0.2, 0.25) is 5.91 Å². The van der Waals surface area contributed by atoms with E-state index in [1.807, 2.05) is 11.0 Å². The number of benzene rings is 1. The van der Waals surface area contributed by atoms with E-state index in [0.29, 0.717) is 13.1 Å². The molecule has 24 heavy (non-hydrogen) atoms. The topological polar surface area (TPSA) is 75.0 Å². The van der Waals surface area contributed by atoms with E-state index < -0.39 is 5.54 Å². The molecule has 0 atom stereocenters. The summed E-state index contributed by atoms with van der Waals surface area (Å²) in [5.41, 5.74) is 7.83. The summed E-state index contributed by atoms with van der Waals surface area (Å²) in [5.74, 6) is -0.00291. The first-order valence-electron chi connectivity index (χ1n) is 8.23. The number of aromatic nitrogens is 2. The summed E-state index contributed by atoms with van der Waals surface area (Å²) >= 11 is 0. The normalized spacial score (nSPS) is 16.4. The highest BCUT2D eigenvalue weighted by molar-refractivity contribution is 5.85. The van der Waals surface area contributed by atoms with Gasteiger partial charge in [-0.15, -0.1) is 0 Å². The van der Waals surface area contributed by atoms with E-state index in [2.05, 4.69) is 10.2 Å². The van der Waals surface area contributed by atoms with Crippen molar-refractivity contribution >= 4 is 5.91 Å². The summed E-state index contributed by atoms with van der Waals surface area (Å²) in [6.45, 7) is 4.81. The monoisotopic (exact) mass is 330 g/mol. The van der Waals surface area contributed by atoms with E-state index in [1.165, 1.54) is 12.1 Å². The zero-order valence-electron chi connectivity index (χ0n) is 14.1. The minimum Gasteiger partial charge on any atom is -0.341 e. The van der Waals surface area contributed by atoms with E-state index >= 15 is 0 Å². The molecule has 0 unspecified atom stereocenters. The molecule has 1 fully saturated rings. The molecule has 6 heteroatoms. The van der Waals surface area contributed by atoms with Crippen molar-refractivity contribution in [3.8, 4) is 11.1 Å². The molecule has 1 aromatic carbocycles. The van der Waals surface area contributed by atoms with Crippen molar-refractivity contribution in [1.29, 1.82) is 0 Å². The smallest absolute Gasteiger partial charge is 0.242 e. The molecule has 3 N–H and O–H groups in total. The molecule has 2 aromatic rings. The number of nitrogens with zero attached hydrogens (tertiary/aromatic N) is 2. The fourth-order valence-corrected chi connectivity index (χ4v) is 3.27. The van der Waals surface area contributed by atoms with Crippen LogP contribution < -0.4 is 5.73 Å². The molecule has 0 radical (unpaired) electrons. The third kappa shape index (κ3) is 3.33. The van der Waals surface area contributed by atoms with E-state index in [0.717, 1.165) is 29.7 Å². The summed E-state index contributed by atoms with van der Waals surface area (Å²) < 4.78 is 13.5. The Labute approximate surface area is 141 Å². The van der Waals surface area contributed by atoms with Crippen LogP contribution in [-0.2, 0) is 4.79 Å². The molecule has 1 amide bonds. The molecule has 0 bridgehead atoms. The van der Waals surface area contributed by atoms with Gasteiger partial charge in [-0.2, -0.15) is 5.10 Å². The molecule has 0 spiro atoms. The molecule has 128 valence electrons. The maximum Gasteiger partial charge on any atom is 0.242 e. The third-order valence-corrected chi connectivity index (χ3v) is 4.55. The van der Waals surface area contributed by atoms with Gasteiger partial charge >= 0.3 is 0 Å². The van der Waals surface area contributed by atoms with Crippen molar-refractivity contribution < 1.29 is 9.18 Å². The van der Waals surface area contributed by atoms with E-state index in [4.69, 9.17) is 5.73 Å². The summed E-state index contributed by atoms with van der Waals surface area (Å²) in [6.07, 6.45) is 3.42. The van der Waals surface area contributed by atoms with Gasteiger partial charge in [-0.1, -0.05) is 12.1 Å². The predicted octanol–water partition coefficient (Wildman–Crippen LogP) is 2.66. The van der Waals surface area contributed by atoms with Crippen molar-refractivity contribution in [2.24, 2.45) is 5.73 Å². The first-order chi connectivity index (χ1) is 11.4. The lowest BCUT2D eigenvalue weighted by Gasteiger charge is -2.35. The van der Waals surface area contributed by atoms with Crippen LogP contribution in [0.25, 0.3) is 11.1 Å². The van der Waals surface area contributed by atoms with Gasteiger partial charge < -0.3 is 10.6 Å². The molecule has 1 aliphatic heterocycles. The van der Waals surface area contributed by atoms with Crippen molar-refractivity contribution in [2.75, 3.05) is 13.1 Å². The van der Waals surface area contributed by atoms with Crippen molar-refractivity contribution in [3.63, 3.8) is 0 Å². The highest BCUT2D eigenvalue weighted by atomic mass is 19.1. The second-order valence-electron chi connectivity index (χ2n) is 7.00. The maximum atomic E-state index is 13.5. The first-order valence-corrected chi connectivity index (χ1v) is 8.23. The van der Waals surface area contributed by atoms with Crippen molar-refractivity contribution in [1.82, 2.24) is 15.1 Å². The minimum atomic E-state index is -0.840. The number of carbonyl (C=O) groups is 1. The number of carbonyl (C=O) groups excluding carboxylic acids is 1. The van der Waals surface area contributed by atoms with Crippen molar-refractivity contribution in [2.45, 2.75) is 38.1 Å². The van der Waals surface area contributed by atoms with Crippen LogP contribution in [0.3, 0.4) is 0 Å². The molecule has 5 nitrogen and oxygen atoms in total. The van der Waals surface area contributed by atoms with Gasteiger partial charge in [0.15, 0.2) is 0 Å². The summed E-state index contributed by atoms with van der Waals surface area (Å²) in [6, 6.07) is 6.53. The van der Waals surface area contributed by atoms with Crippen LogP contribution in [0.1, 0.15) is 38.3 Å². The van der Waals surface area contributed by atoms with Crippen LogP contribution in [-0.4, -0.2) is 39.6 Å². The molecule has 1 aliphatic rings. The number of hydrogen-bond donors (Lipinski definition) is 2. The second kappa shape index (κ2) is 6.36. The summed E-state index contributed by atoms with van der Waals surface area (Å²) in [7, 11) is 0. The number of nitrogens with two attached hydrogens (primary N) is 1. The maximum absolute atomic E-state index is 13.5. The predicted molar refractivity (Wildman–Crippen MR) is 90.8 cm³/mol. The fourth-order valence-electron chi connectivity index (χ4n) is 3.27. The Kier molecular flexibility index (Phi) is 4.41. The van der Waals surface area contributed by atoms with Gasteiger partial charge in [0.05, 0.1) is 11.7 Å². The van der Waals surface area contributed by atoms with Crippen LogP contribution in [0.15, 0.2) is 30.5 Å². The average molecular weight is 330 g/mol. The molecular formula is C18H23FN4O. The third-order valence-electron chi connectivity index (χ3n) is 4.55. The summed E-state index contributed by atoms with van der Waals surface area (Å²) in [5, 5.41) is 7.22. The van der Waals surface area contributed by atoms with E-state index in [-0.39, 0.29) is 17.6 Å². The van der Waals surface area contributed by atoms with Gasteiger partial charge in [0, 0.05) is 30.3 Å². The molecule has 0 saturated carbocycles. The zero-order chi connectivity index (χ0) is 17.3. The second-order valence-corrected chi connectivity index (χ2v) is 7.00. The Hall–Kier alpha value is -2.21. The van der Waals surface area contributed by atoms with Gasteiger partial charge in [0.25, 0.3) is 0 Å². The number of likely N-dealkylation sites (tertiary alicyclic amines) is 1. The Bertz CT molecular complexity index is 727. The lowest BCUT2D eigenvalue weighted by Crippen LogP contribution is -2.53. The Morgan fingerprint density at radius 1 is 1.38 bits per heavy atom.